The average Bonchev–Trinajstić information content (AvgIpc) is 3.20. The number of hydrogen-bond acceptors (Lipinski definition) is 4. The fraction of sp³-hybridized carbons (Fsp3) is 0.0455. The molecule has 0 saturated carbocycles. The van der Waals surface area contributed by atoms with Gasteiger partial charge in [0.25, 0.3) is 0 Å². The number of para-hydroxylation sites is 1. The van der Waals surface area contributed by atoms with Gasteiger partial charge in [0.05, 0.1) is 12.8 Å². The molecule has 0 aliphatic heterocycles. The second-order valence-corrected chi connectivity index (χ2v) is 5.95. The molecule has 5 heteroatoms. The quantitative estimate of drug-likeness (QED) is 0.504. The molecule has 0 radical (unpaired) electrons. The molecule has 0 aliphatic carbocycles. The Labute approximate surface area is 156 Å². The number of rotatable bonds is 5. The Bertz CT molecular complexity index is 1060. The second kappa shape index (κ2) is 7.25. The van der Waals surface area contributed by atoms with Crippen LogP contribution in [-0.4, -0.2) is 27.9 Å². The number of benzene rings is 3. The first-order valence-electron chi connectivity index (χ1n) is 8.53. The minimum absolute atomic E-state index is 0.182. The van der Waals surface area contributed by atoms with Gasteiger partial charge in [-0.2, -0.15) is 4.80 Å². The van der Waals surface area contributed by atoms with Gasteiger partial charge in [-0.05, 0) is 36.4 Å². The molecule has 0 unspecified atom stereocenters. The molecule has 0 N–H and O–H groups in total. The summed E-state index contributed by atoms with van der Waals surface area (Å²) in [5, 5.41) is 9.09. The zero-order valence-corrected chi connectivity index (χ0v) is 14.7. The maximum absolute atomic E-state index is 13.1. The Morgan fingerprint density at radius 1 is 0.815 bits per heavy atom. The highest BCUT2D eigenvalue weighted by atomic mass is 16.5. The molecule has 0 amide bonds. The SMILES string of the molecule is COc1ccc(C(=O)c2nn(-c3ccccc3)nc2-c2ccccc2)cc1. The van der Waals surface area contributed by atoms with E-state index in [2.05, 4.69) is 10.2 Å². The van der Waals surface area contributed by atoms with Crippen LogP contribution in [0.5, 0.6) is 5.75 Å². The fourth-order valence-electron chi connectivity index (χ4n) is 2.81. The predicted molar refractivity (Wildman–Crippen MR) is 103 cm³/mol. The molecule has 1 heterocycles. The summed E-state index contributed by atoms with van der Waals surface area (Å²) in [6, 6.07) is 26.1. The van der Waals surface area contributed by atoms with E-state index in [1.165, 1.54) is 4.80 Å². The average molecular weight is 355 g/mol. The van der Waals surface area contributed by atoms with Crippen LogP contribution in [-0.2, 0) is 0 Å². The smallest absolute Gasteiger partial charge is 0.215 e. The molecule has 0 bridgehead atoms. The van der Waals surface area contributed by atoms with Crippen LogP contribution < -0.4 is 4.74 Å². The monoisotopic (exact) mass is 355 g/mol. The Kier molecular flexibility index (Phi) is 4.49. The van der Waals surface area contributed by atoms with Crippen LogP contribution in [0.25, 0.3) is 16.9 Å². The molecule has 1 aromatic heterocycles. The summed E-state index contributed by atoms with van der Waals surface area (Å²) in [5.74, 6) is 0.515. The van der Waals surface area contributed by atoms with E-state index in [9.17, 15) is 4.79 Å². The van der Waals surface area contributed by atoms with Crippen LogP contribution in [0.3, 0.4) is 0 Å². The highest BCUT2D eigenvalue weighted by Crippen LogP contribution is 2.24. The first kappa shape index (κ1) is 16.7. The van der Waals surface area contributed by atoms with Gasteiger partial charge in [-0.15, -0.1) is 10.2 Å². The molecular weight excluding hydrogens is 338 g/mol. The topological polar surface area (TPSA) is 57.0 Å². The Morgan fingerprint density at radius 2 is 1.44 bits per heavy atom. The van der Waals surface area contributed by atoms with Gasteiger partial charge in [0.15, 0.2) is 5.69 Å². The summed E-state index contributed by atoms with van der Waals surface area (Å²) in [5.41, 5.74) is 3.04. The summed E-state index contributed by atoms with van der Waals surface area (Å²) >= 11 is 0. The summed E-state index contributed by atoms with van der Waals surface area (Å²) in [6.07, 6.45) is 0. The van der Waals surface area contributed by atoms with Crippen molar-refractivity contribution in [2.24, 2.45) is 0 Å². The van der Waals surface area contributed by atoms with Gasteiger partial charge in [-0.25, -0.2) is 0 Å². The first-order valence-corrected chi connectivity index (χ1v) is 8.53. The van der Waals surface area contributed by atoms with Gasteiger partial charge in [0.1, 0.15) is 11.4 Å². The summed E-state index contributed by atoms with van der Waals surface area (Å²) in [4.78, 5) is 14.6. The molecule has 4 rings (SSSR count). The van der Waals surface area contributed by atoms with Crippen molar-refractivity contribution in [3.8, 4) is 22.7 Å². The summed E-state index contributed by atoms with van der Waals surface area (Å²) < 4.78 is 5.17. The lowest BCUT2D eigenvalue weighted by Crippen LogP contribution is -2.05. The van der Waals surface area contributed by atoms with Gasteiger partial charge in [0, 0.05) is 11.1 Å². The third kappa shape index (κ3) is 3.35. The second-order valence-electron chi connectivity index (χ2n) is 5.95. The maximum Gasteiger partial charge on any atom is 0.215 e. The molecule has 0 atom stereocenters. The largest absolute Gasteiger partial charge is 0.497 e. The van der Waals surface area contributed by atoms with Crippen molar-refractivity contribution in [2.45, 2.75) is 0 Å². The zero-order valence-electron chi connectivity index (χ0n) is 14.7. The lowest BCUT2D eigenvalue weighted by Gasteiger charge is -2.02. The van der Waals surface area contributed by atoms with E-state index < -0.39 is 0 Å². The Morgan fingerprint density at radius 3 is 2.07 bits per heavy atom. The fourth-order valence-corrected chi connectivity index (χ4v) is 2.81. The van der Waals surface area contributed by atoms with Gasteiger partial charge >= 0.3 is 0 Å². The number of carbonyl (C=O) groups excluding carboxylic acids is 1. The molecule has 3 aromatic carbocycles. The number of ether oxygens (including phenoxy) is 1. The molecule has 4 aromatic rings. The van der Waals surface area contributed by atoms with Gasteiger partial charge in [-0.1, -0.05) is 48.5 Å². The maximum atomic E-state index is 13.1. The van der Waals surface area contributed by atoms with E-state index in [0.29, 0.717) is 22.7 Å². The van der Waals surface area contributed by atoms with E-state index in [0.717, 1.165) is 11.3 Å². The summed E-state index contributed by atoms with van der Waals surface area (Å²) in [7, 11) is 1.59. The number of aromatic nitrogens is 3. The molecule has 0 saturated heterocycles. The summed E-state index contributed by atoms with van der Waals surface area (Å²) in [6.45, 7) is 0. The lowest BCUT2D eigenvalue weighted by atomic mass is 10.0. The van der Waals surface area contributed by atoms with Crippen LogP contribution in [0.2, 0.25) is 0 Å². The third-order valence-corrected chi connectivity index (χ3v) is 4.22. The number of methoxy groups -OCH3 is 1. The standard InChI is InChI=1S/C22H17N3O2/c1-27-19-14-12-17(13-15-19)22(26)21-20(16-8-4-2-5-9-16)23-25(24-21)18-10-6-3-7-11-18/h2-15H,1H3. The molecular formula is C22H17N3O2. The van der Waals surface area contributed by atoms with Crippen molar-refractivity contribution in [1.29, 1.82) is 0 Å². The van der Waals surface area contributed by atoms with Gasteiger partial charge in [-0.3, -0.25) is 4.79 Å². The van der Waals surface area contributed by atoms with E-state index in [1.807, 2.05) is 60.7 Å². The zero-order chi connectivity index (χ0) is 18.6. The van der Waals surface area contributed by atoms with Gasteiger partial charge < -0.3 is 4.74 Å². The third-order valence-electron chi connectivity index (χ3n) is 4.22. The van der Waals surface area contributed by atoms with Crippen LogP contribution in [0.15, 0.2) is 84.9 Å². The van der Waals surface area contributed by atoms with Crippen molar-refractivity contribution in [3.63, 3.8) is 0 Å². The number of ketones is 1. The molecule has 0 fully saturated rings. The lowest BCUT2D eigenvalue weighted by molar-refractivity contribution is 0.103. The molecule has 5 nitrogen and oxygen atoms in total. The van der Waals surface area contributed by atoms with Crippen LogP contribution in [0, 0.1) is 0 Å². The molecule has 0 aliphatic rings. The Hall–Kier alpha value is -3.73. The van der Waals surface area contributed by atoms with E-state index in [1.54, 1.807) is 31.4 Å². The number of carbonyl (C=O) groups is 1. The number of nitrogens with zero attached hydrogens (tertiary/aromatic N) is 3. The van der Waals surface area contributed by atoms with Crippen molar-refractivity contribution >= 4 is 5.78 Å². The van der Waals surface area contributed by atoms with Crippen LogP contribution >= 0.6 is 0 Å². The first-order chi connectivity index (χ1) is 13.3. The Balaban J connectivity index is 1.82. The van der Waals surface area contributed by atoms with Crippen LogP contribution in [0.1, 0.15) is 16.1 Å². The van der Waals surface area contributed by atoms with Gasteiger partial charge in [0.2, 0.25) is 5.78 Å². The van der Waals surface area contributed by atoms with Crippen molar-refractivity contribution in [3.05, 3.63) is 96.2 Å². The normalized spacial score (nSPS) is 10.6. The predicted octanol–water partition coefficient (Wildman–Crippen LogP) is 4.17. The minimum Gasteiger partial charge on any atom is -0.497 e. The highest BCUT2D eigenvalue weighted by molar-refractivity contribution is 6.11. The molecule has 132 valence electrons. The highest BCUT2D eigenvalue weighted by Gasteiger charge is 2.22. The number of hydrogen-bond donors (Lipinski definition) is 0. The van der Waals surface area contributed by atoms with Crippen molar-refractivity contribution in [1.82, 2.24) is 15.0 Å². The van der Waals surface area contributed by atoms with E-state index >= 15 is 0 Å². The van der Waals surface area contributed by atoms with E-state index in [-0.39, 0.29) is 5.78 Å². The molecule has 27 heavy (non-hydrogen) atoms. The van der Waals surface area contributed by atoms with Crippen molar-refractivity contribution in [2.75, 3.05) is 7.11 Å². The van der Waals surface area contributed by atoms with Crippen LogP contribution in [0.4, 0.5) is 0 Å². The van der Waals surface area contributed by atoms with E-state index in [4.69, 9.17) is 4.74 Å². The van der Waals surface area contributed by atoms with Crippen molar-refractivity contribution < 1.29 is 9.53 Å². The minimum atomic E-state index is -0.182. The molecule has 0 spiro atoms.